The Morgan fingerprint density at radius 2 is 1.64 bits per heavy atom. The number of hydrogen-bond donors (Lipinski definition) is 1. The molecule has 0 spiro atoms. The molecule has 120 valence electrons. The molecule has 0 aliphatic carbocycles. The number of nitrogens with zero attached hydrogens (tertiary/aromatic N) is 4. The number of fused-ring (bicyclic) bond motifs is 1. The van der Waals surface area contributed by atoms with Crippen molar-refractivity contribution in [2.75, 3.05) is 5.43 Å². The smallest absolute Gasteiger partial charge is 0.244 e. The van der Waals surface area contributed by atoms with E-state index >= 15 is 0 Å². The summed E-state index contributed by atoms with van der Waals surface area (Å²) in [6, 6.07) is 24.2. The van der Waals surface area contributed by atoms with Gasteiger partial charge in [0.1, 0.15) is 0 Å². The van der Waals surface area contributed by atoms with Crippen LogP contribution in [0.2, 0.25) is 0 Å². The number of benzene rings is 3. The maximum atomic E-state index is 4.43. The van der Waals surface area contributed by atoms with Gasteiger partial charge in [0.25, 0.3) is 5.95 Å². The van der Waals surface area contributed by atoms with Gasteiger partial charge in [0, 0.05) is 5.56 Å². The molecule has 0 unspecified atom stereocenters. The van der Waals surface area contributed by atoms with E-state index in [1.165, 1.54) is 10.8 Å². The summed E-state index contributed by atoms with van der Waals surface area (Å²) in [6.45, 7) is 0. The zero-order valence-corrected chi connectivity index (χ0v) is 13.4. The highest BCUT2D eigenvalue weighted by Gasteiger charge is 2.01. The van der Waals surface area contributed by atoms with Crippen LogP contribution in [0.4, 0.5) is 5.95 Å². The average molecular weight is 325 g/mol. The average Bonchev–Trinajstić information content (AvgIpc) is 2.69. The maximum absolute atomic E-state index is 4.43. The Balaban J connectivity index is 1.51. The van der Waals surface area contributed by atoms with Crippen molar-refractivity contribution in [3.63, 3.8) is 0 Å². The van der Waals surface area contributed by atoms with Crippen LogP contribution in [0.25, 0.3) is 22.0 Å². The van der Waals surface area contributed by atoms with Gasteiger partial charge in [0.2, 0.25) is 0 Å². The lowest BCUT2D eigenvalue weighted by Crippen LogP contribution is -1.99. The van der Waals surface area contributed by atoms with Crippen molar-refractivity contribution in [3.05, 3.63) is 84.6 Å². The predicted octanol–water partition coefficient (Wildman–Crippen LogP) is 4.14. The minimum atomic E-state index is 0.360. The number of hydrazone groups is 1. The van der Waals surface area contributed by atoms with Crippen molar-refractivity contribution in [1.82, 2.24) is 15.2 Å². The van der Waals surface area contributed by atoms with Crippen molar-refractivity contribution in [2.45, 2.75) is 0 Å². The van der Waals surface area contributed by atoms with Crippen LogP contribution < -0.4 is 5.43 Å². The van der Waals surface area contributed by atoms with Crippen molar-refractivity contribution in [1.29, 1.82) is 0 Å². The molecule has 0 saturated carbocycles. The lowest BCUT2D eigenvalue weighted by molar-refractivity contribution is 0.967. The highest BCUT2D eigenvalue weighted by Crippen LogP contribution is 2.16. The lowest BCUT2D eigenvalue weighted by Gasteiger charge is -2.02. The first-order valence-electron chi connectivity index (χ1n) is 7.91. The number of rotatable bonds is 4. The zero-order valence-electron chi connectivity index (χ0n) is 13.4. The van der Waals surface area contributed by atoms with Gasteiger partial charge < -0.3 is 0 Å². The van der Waals surface area contributed by atoms with Gasteiger partial charge in [0.05, 0.1) is 18.1 Å². The Bertz CT molecular complexity index is 1030. The minimum absolute atomic E-state index is 0.360. The summed E-state index contributed by atoms with van der Waals surface area (Å²) >= 11 is 0. The van der Waals surface area contributed by atoms with Crippen LogP contribution in [-0.4, -0.2) is 21.4 Å². The van der Waals surface area contributed by atoms with E-state index in [-0.39, 0.29) is 0 Å². The van der Waals surface area contributed by atoms with Crippen LogP contribution >= 0.6 is 0 Å². The van der Waals surface area contributed by atoms with Gasteiger partial charge >= 0.3 is 0 Å². The first-order valence-corrected chi connectivity index (χ1v) is 7.91. The van der Waals surface area contributed by atoms with Crippen LogP contribution in [0.15, 0.2) is 84.1 Å². The second-order valence-electron chi connectivity index (χ2n) is 5.51. The third-order valence-electron chi connectivity index (χ3n) is 3.78. The van der Waals surface area contributed by atoms with Crippen LogP contribution in [-0.2, 0) is 0 Å². The predicted molar refractivity (Wildman–Crippen MR) is 100 cm³/mol. The molecule has 0 fully saturated rings. The summed E-state index contributed by atoms with van der Waals surface area (Å²) in [5, 5.41) is 14.5. The third-order valence-corrected chi connectivity index (χ3v) is 3.78. The molecular weight excluding hydrogens is 310 g/mol. The molecule has 0 saturated heterocycles. The molecular formula is C20H15N5. The molecule has 4 aromatic rings. The summed E-state index contributed by atoms with van der Waals surface area (Å²) < 4.78 is 0. The van der Waals surface area contributed by atoms with E-state index in [9.17, 15) is 0 Å². The Labute approximate surface area is 145 Å². The molecule has 0 radical (unpaired) electrons. The molecule has 4 rings (SSSR count). The second kappa shape index (κ2) is 6.88. The Kier molecular flexibility index (Phi) is 4.12. The molecule has 5 nitrogen and oxygen atoms in total. The van der Waals surface area contributed by atoms with E-state index in [1.807, 2.05) is 48.5 Å². The first kappa shape index (κ1) is 15.0. The maximum Gasteiger partial charge on any atom is 0.263 e. The van der Waals surface area contributed by atoms with E-state index in [4.69, 9.17) is 0 Å². The number of aromatic nitrogens is 3. The van der Waals surface area contributed by atoms with E-state index in [0.717, 1.165) is 16.8 Å². The van der Waals surface area contributed by atoms with Crippen LogP contribution in [0.3, 0.4) is 0 Å². The topological polar surface area (TPSA) is 63.1 Å². The molecule has 3 aromatic carbocycles. The summed E-state index contributed by atoms with van der Waals surface area (Å²) in [5.74, 6) is 0.360. The summed E-state index contributed by atoms with van der Waals surface area (Å²) in [7, 11) is 0. The molecule has 0 bridgehead atoms. The van der Waals surface area contributed by atoms with E-state index in [1.54, 1.807) is 12.4 Å². The second-order valence-corrected chi connectivity index (χ2v) is 5.51. The van der Waals surface area contributed by atoms with Crippen LogP contribution in [0.1, 0.15) is 5.56 Å². The SMILES string of the molecule is C(=NNc1nncc(-c2ccccc2)n1)c1ccc2ccccc2c1. The van der Waals surface area contributed by atoms with Crippen LogP contribution in [0, 0.1) is 0 Å². The zero-order chi connectivity index (χ0) is 16.9. The molecule has 1 heterocycles. The quantitative estimate of drug-likeness (QED) is 0.452. The Morgan fingerprint density at radius 1 is 0.840 bits per heavy atom. The largest absolute Gasteiger partial charge is 0.263 e. The summed E-state index contributed by atoms with van der Waals surface area (Å²) in [6.07, 6.45) is 3.37. The molecule has 5 heteroatoms. The normalized spacial score (nSPS) is 11.0. The molecule has 1 N–H and O–H groups in total. The van der Waals surface area contributed by atoms with Gasteiger partial charge in [0.15, 0.2) is 0 Å². The first-order chi connectivity index (χ1) is 12.4. The molecule has 25 heavy (non-hydrogen) atoms. The number of nitrogens with one attached hydrogen (secondary N) is 1. The van der Waals surface area contributed by atoms with Crippen molar-refractivity contribution < 1.29 is 0 Å². The molecule has 0 atom stereocenters. The number of hydrogen-bond acceptors (Lipinski definition) is 5. The van der Waals surface area contributed by atoms with Gasteiger partial charge in [-0.15, -0.1) is 5.10 Å². The van der Waals surface area contributed by atoms with Gasteiger partial charge in [-0.25, -0.2) is 10.4 Å². The van der Waals surface area contributed by atoms with E-state index in [0.29, 0.717) is 5.95 Å². The van der Waals surface area contributed by atoms with Gasteiger partial charge in [-0.1, -0.05) is 66.7 Å². The molecule has 0 amide bonds. The third kappa shape index (κ3) is 3.50. The van der Waals surface area contributed by atoms with Crippen molar-refractivity contribution >= 4 is 22.9 Å². The Hall–Kier alpha value is -3.60. The van der Waals surface area contributed by atoms with E-state index in [2.05, 4.69) is 50.0 Å². The minimum Gasteiger partial charge on any atom is -0.244 e. The fourth-order valence-corrected chi connectivity index (χ4v) is 2.55. The summed E-state index contributed by atoms with van der Waals surface area (Å²) in [4.78, 5) is 4.43. The molecule has 0 aliphatic heterocycles. The van der Waals surface area contributed by atoms with Crippen molar-refractivity contribution in [2.24, 2.45) is 5.10 Å². The fourth-order valence-electron chi connectivity index (χ4n) is 2.55. The summed E-state index contributed by atoms with van der Waals surface area (Å²) in [5.41, 5.74) is 5.57. The highest BCUT2D eigenvalue weighted by molar-refractivity contribution is 5.90. The molecule has 0 aliphatic rings. The molecule has 1 aromatic heterocycles. The fraction of sp³-hybridized carbons (Fsp3) is 0. The van der Waals surface area contributed by atoms with E-state index < -0.39 is 0 Å². The monoisotopic (exact) mass is 325 g/mol. The standard InChI is InChI=1S/C20H15N5/c1-2-7-17(8-3-1)19-14-22-25-20(23-19)24-21-13-15-10-11-16-6-4-5-9-18(16)12-15/h1-14H,(H,23,24,25). The number of anilines is 1. The van der Waals surface area contributed by atoms with Gasteiger partial charge in [-0.3, -0.25) is 0 Å². The van der Waals surface area contributed by atoms with Crippen LogP contribution in [0.5, 0.6) is 0 Å². The highest BCUT2D eigenvalue weighted by atomic mass is 15.4. The lowest BCUT2D eigenvalue weighted by atomic mass is 10.1. The van der Waals surface area contributed by atoms with Gasteiger partial charge in [-0.05, 0) is 22.4 Å². The Morgan fingerprint density at radius 3 is 2.52 bits per heavy atom. The van der Waals surface area contributed by atoms with Crippen molar-refractivity contribution in [3.8, 4) is 11.3 Å². The van der Waals surface area contributed by atoms with Gasteiger partial charge in [-0.2, -0.15) is 10.2 Å².